The zero-order chi connectivity index (χ0) is 7.49. The van der Waals surface area contributed by atoms with Gasteiger partial charge < -0.3 is 5.11 Å². The second-order valence-corrected chi connectivity index (χ2v) is 6.46. The van der Waals surface area contributed by atoms with Crippen LogP contribution in [0.25, 0.3) is 0 Å². The van der Waals surface area contributed by atoms with Gasteiger partial charge in [-0.1, -0.05) is 0 Å². The molecule has 3 nitrogen and oxygen atoms in total. The lowest BCUT2D eigenvalue weighted by atomic mass is 10.5. The summed E-state index contributed by atoms with van der Waals surface area (Å²) in [4.78, 5) is 0. The standard InChI is InChI=1S/C4H10O3S2/c1-4(5)3-8-9(2,6)7/h4-5H,3H2,1-2H3/p+1. The van der Waals surface area contributed by atoms with E-state index in [-0.39, 0.29) is 0 Å². The molecule has 0 aromatic rings. The zero-order valence-electron chi connectivity index (χ0n) is 5.40. The second-order valence-electron chi connectivity index (χ2n) is 1.87. The molecule has 2 N–H and O–H groups in total. The Hall–Kier alpha value is 0.290. The van der Waals surface area contributed by atoms with Gasteiger partial charge in [0.1, 0.15) is 6.10 Å². The highest BCUT2D eigenvalue weighted by Gasteiger charge is 2.09. The van der Waals surface area contributed by atoms with Gasteiger partial charge in [-0.05, 0) is 6.92 Å². The summed E-state index contributed by atoms with van der Waals surface area (Å²) in [5.41, 5.74) is 0. The van der Waals surface area contributed by atoms with Crippen molar-refractivity contribution in [2.45, 2.75) is 13.0 Å². The van der Waals surface area contributed by atoms with Gasteiger partial charge in [0.25, 0.3) is 19.1 Å². The van der Waals surface area contributed by atoms with Crippen molar-refractivity contribution in [3.05, 3.63) is 0 Å². The molecule has 0 fully saturated rings. The Morgan fingerprint density at radius 2 is 2.22 bits per heavy atom. The first-order chi connectivity index (χ1) is 3.92. The molecule has 0 radical (unpaired) electrons. The number of hydrogen-bond acceptors (Lipinski definition) is 2. The van der Waals surface area contributed by atoms with Gasteiger partial charge in [0.15, 0.2) is 0 Å². The van der Waals surface area contributed by atoms with E-state index in [1.165, 1.54) is 6.26 Å². The van der Waals surface area contributed by atoms with Crippen molar-refractivity contribution < 1.29 is 13.9 Å². The largest absolute Gasteiger partial charge is 0.388 e. The van der Waals surface area contributed by atoms with Gasteiger partial charge in [-0.2, -0.15) is 4.21 Å². The van der Waals surface area contributed by atoms with E-state index in [0.29, 0.717) is 5.75 Å². The number of aliphatic hydroxyl groups is 1. The van der Waals surface area contributed by atoms with Crippen molar-refractivity contribution in [3.8, 4) is 0 Å². The molecule has 56 valence electrons. The Morgan fingerprint density at radius 3 is 2.33 bits per heavy atom. The van der Waals surface area contributed by atoms with E-state index in [2.05, 4.69) is 0 Å². The Labute approximate surface area is 58.6 Å². The van der Waals surface area contributed by atoms with Crippen LogP contribution in [0.2, 0.25) is 0 Å². The molecule has 2 unspecified atom stereocenters. The monoisotopic (exact) mass is 171 g/mol. The SMILES string of the molecule is CC(O)C[S+]=S(C)(=O)O. The maximum Gasteiger partial charge on any atom is 0.293 e. The predicted molar refractivity (Wildman–Crippen MR) is 40.6 cm³/mol. The quantitative estimate of drug-likeness (QED) is 0.563. The summed E-state index contributed by atoms with van der Waals surface area (Å²) in [6, 6.07) is 0. The average Bonchev–Trinajstić information content (AvgIpc) is 1.59. The fraction of sp³-hybridized carbons (Fsp3) is 1.00. The summed E-state index contributed by atoms with van der Waals surface area (Å²) in [6.07, 6.45) is 0.725. The van der Waals surface area contributed by atoms with Gasteiger partial charge in [0.05, 0.1) is 6.26 Å². The summed E-state index contributed by atoms with van der Waals surface area (Å²) in [5.74, 6) is 0.311. The molecule has 0 aromatic carbocycles. The molecule has 2 atom stereocenters. The van der Waals surface area contributed by atoms with Gasteiger partial charge in [-0.15, -0.1) is 0 Å². The van der Waals surface area contributed by atoms with E-state index >= 15 is 0 Å². The lowest BCUT2D eigenvalue weighted by Gasteiger charge is -1.86. The van der Waals surface area contributed by atoms with Gasteiger partial charge in [-0.25, -0.2) is 0 Å². The molecule has 9 heavy (non-hydrogen) atoms. The molecule has 0 aliphatic carbocycles. The van der Waals surface area contributed by atoms with Crippen molar-refractivity contribution in [3.63, 3.8) is 0 Å². The van der Waals surface area contributed by atoms with E-state index in [4.69, 9.17) is 9.66 Å². The molecule has 0 saturated carbocycles. The fourth-order valence-corrected chi connectivity index (χ4v) is 2.02. The lowest BCUT2D eigenvalue weighted by molar-refractivity contribution is 0.220. The highest BCUT2D eigenvalue weighted by molar-refractivity contribution is 8.36. The summed E-state index contributed by atoms with van der Waals surface area (Å²) < 4.78 is 19.1. The summed E-state index contributed by atoms with van der Waals surface area (Å²) >= 11 is 0. The van der Waals surface area contributed by atoms with Crippen LogP contribution in [0.5, 0.6) is 0 Å². The molecule has 0 amide bonds. The molecule has 0 spiro atoms. The predicted octanol–water partition coefficient (Wildman–Crippen LogP) is -0.248. The van der Waals surface area contributed by atoms with Crippen molar-refractivity contribution in [2.24, 2.45) is 0 Å². The zero-order valence-corrected chi connectivity index (χ0v) is 7.04. The first kappa shape index (κ1) is 9.29. The smallest absolute Gasteiger partial charge is 0.293 e. The van der Waals surface area contributed by atoms with E-state index in [0.717, 1.165) is 10.3 Å². The van der Waals surface area contributed by atoms with E-state index < -0.39 is 14.9 Å². The van der Waals surface area contributed by atoms with E-state index in [1.807, 2.05) is 0 Å². The van der Waals surface area contributed by atoms with Crippen molar-refractivity contribution in [1.82, 2.24) is 0 Å². The highest BCUT2D eigenvalue weighted by Crippen LogP contribution is 1.83. The molecule has 0 aromatic heterocycles. The minimum atomic E-state index is -2.71. The molecule has 5 heteroatoms. The maximum atomic E-state index is 10.5. The van der Waals surface area contributed by atoms with Gasteiger partial charge >= 0.3 is 0 Å². The minimum absolute atomic E-state index is 0.311. The molecule has 0 aliphatic rings. The third-order valence-corrected chi connectivity index (χ3v) is 3.30. The Kier molecular flexibility index (Phi) is 3.57. The first-order valence-electron chi connectivity index (χ1n) is 2.46. The van der Waals surface area contributed by atoms with Crippen molar-refractivity contribution >= 4 is 19.1 Å². The van der Waals surface area contributed by atoms with E-state index in [9.17, 15) is 4.21 Å². The van der Waals surface area contributed by atoms with Crippen molar-refractivity contribution in [2.75, 3.05) is 12.0 Å². The number of hydrogen-bond donors (Lipinski definition) is 2. The third-order valence-electron chi connectivity index (χ3n) is 0.528. The Morgan fingerprint density at radius 1 is 1.78 bits per heavy atom. The van der Waals surface area contributed by atoms with Crippen LogP contribution in [0, 0.1) is 0 Å². The normalized spacial score (nSPS) is 20.4. The summed E-state index contributed by atoms with van der Waals surface area (Å²) in [7, 11) is -1.84. The number of rotatable bonds is 2. The van der Waals surface area contributed by atoms with Crippen LogP contribution in [0.3, 0.4) is 0 Å². The van der Waals surface area contributed by atoms with Gasteiger partial charge in [0.2, 0.25) is 5.75 Å². The van der Waals surface area contributed by atoms with Crippen LogP contribution in [0.15, 0.2) is 0 Å². The number of aliphatic hydroxyl groups excluding tert-OH is 1. The molecule has 0 saturated heterocycles. The first-order valence-corrected chi connectivity index (χ1v) is 5.88. The topological polar surface area (TPSA) is 57.5 Å². The lowest BCUT2D eigenvalue weighted by Crippen LogP contribution is -2.08. The van der Waals surface area contributed by atoms with Gasteiger partial charge in [0, 0.05) is 0 Å². The maximum absolute atomic E-state index is 10.5. The summed E-state index contributed by atoms with van der Waals surface area (Å²) in [5, 5.41) is 8.66. The Bertz CT molecular complexity index is 170. The highest BCUT2D eigenvalue weighted by atomic mass is 32.9. The molecule has 0 rings (SSSR count). The van der Waals surface area contributed by atoms with Crippen LogP contribution in [0.4, 0.5) is 0 Å². The van der Waals surface area contributed by atoms with Crippen LogP contribution < -0.4 is 0 Å². The van der Waals surface area contributed by atoms with Crippen LogP contribution in [0.1, 0.15) is 6.92 Å². The minimum Gasteiger partial charge on any atom is -0.388 e. The average molecular weight is 171 g/mol. The Balaban J connectivity index is 3.87. The fourth-order valence-electron chi connectivity index (χ4n) is 0.225. The molecule has 0 bridgehead atoms. The molecule has 0 heterocycles. The van der Waals surface area contributed by atoms with Crippen molar-refractivity contribution in [1.29, 1.82) is 0 Å². The van der Waals surface area contributed by atoms with Crippen LogP contribution in [-0.2, 0) is 19.1 Å². The van der Waals surface area contributed by atoms with E-state index in [1.54, 1.807) is 6.92 Å². The molecular weight excluding hydrogens is 160 g/mol. The summed E-state index contributed by atoms with van der Waals surface area (Å²) in [6.45, 7) is 1.58. The molecule has 0 aliphatic heterocycles. The third kappa shape index (κ3) is 8.29. The van der Waals surface area contributed by atoms with Crippen LogP contribution in [-0.4, -0.2) is 32.0 Å². The van der Waals surface area contributed by atoms with Gasteiger partial charge in [-0.3, -0.25) is 4.55 Å². The molecular formula is C4H11O3S2+. The van der Waals surface area contributed by atoms with Crippen LogP contribution >= 0.6 is 0 Å². The second kappa shape index (κ2) is 3.46.